The molecule has 0 bridgehead atoms. The van der Waals surface area contributed by atoms with Crippen LogP contribution in [-0.2, 0) is 33.2 Å². The van der Waals surface area contributed by atoms with E-state index in [9.17, 15) is 0 Å². The third-order valence-electron chi connectivity index (χ3n) is 8.08. The van der Waals surface area contributed by atoms with Crippen molar-refractivity contribution < 1.29 is 33.2 Å². The normalized spacial score (nSPS) is 43.6. The summed E-state index contributed by atoms with van der Waals surface area (Å²) >= 11 is 0. The molecule has 0 aliphatic carbocycles. The van der Waals surface area contributed by atoms with Crippen LogP contribution in [0.5, 0.6) is 0 Å². The number of rotatable bonds is 12. The Hall–Kier alpha value is -0.360. The molecule has 0 radical (unpaired) electrons. The summed E-state index contributed by atoms with van der Waals surface area (Å²) in [5, 5.41) is 0. The van der Waals surface area contributed by atoms with Crippen LogP contribution < -0.4 is 11.5 Å². The summed E-state index contributed by atoms with van der Waals surface area (Å²) in [7, 11) is 0. The molecular formula is C28H52N2O7. The molecule has 4 fully saturated rings. The summed E-state index contributed by atoms with van der Waals surface area (Å²) in [6.07, 6.45) is 5.05. The SMILES string of the molecule is CCCCCC[C@]1(O[C@@]2(CCCC)O[C@H]([C@H](C)N)[C@@H]3OC(C)(C)O[C@@H]32)O[C@H]([C@H](C)N)[C@@H]2OC(C)(C)O[C@@H]21. The Morgan fingerprint density at radius 1 is 0.622 bits per heavy atom. The summed E-state index contributed by atoms with van der Waals surface area (Å²) in [6.45, 7) is 16.0. The number of unbranched alkanes of at least 4 members (excludes halogenated alkanes) is 4. The predicted molar refractivity (Wildman–Crippen MR) is 140 cm³/mol. The van der Waals surface area contributed by atoms with Crippen LogP contribution in [0.4, 0.5) is 0 Å². The maximum absolute atomic E-state index is 7.24. The molecule has 37 heavy (non-hydrogen) atoms. The van der Waals surface area contributed by atoms with Gasteiger partial charge in [0.25, 0.3) is 0 Å². The average Bonchev–Trinajstić information content (AvgIpc) is 3.47. The second-order valence-corrected chi connectivity index (χ2v) is 12.6. The maximum atomic E-state index is 7.24. The Morgan fingerprint density at radius 3 is 1.46 bits per heavy atom. The van der Waals surface area contributed by atoms with Gasteiger partial charge >= 0.3 is 0 Å². The molecule has 4 N–H and O–H groups in total. The molecule has 0 aromatic heterocycles. The van der Waals surface area contributed by atoms with Crippen molar-refractivity contribution >= 4 is 0 Å². The number of nitrogens with two attached hydrogens (primary N) is 2. The van der Waals surface area contributed by atoms with E-state index in [0.717, 1.165) is 38.5 Å². The third-order valence-corrected chi connectivity index (χ3v) is 8.08. The lowest BCUT2D eigenvalue weighted by Crippen LogP contribution is -2.57. The molecular weight excluding hydrogens is 476 g/mol. The van der Waals surface area contributed by atoms with Crippen molar-refractivity contribution in [2.75, 3.05) is 0 Å². The fourth-order valence-corrected chi connectivity index (χ4v) is 6.46. The lowest BCUT2D eigenvalue weighted by atomic mass is 9.94. The molecule has 0 aromatic carbocycles. The van der Waals surface area contributed by atoms with Gasteiger partial charge in [-0.2, -0.15) is 0 Å². The van der Waals surface area contributed by atoms with E-state index in [2.05, 4.69) is 13.8 Å². The topological polar surface area (TPSA) is 117 Å². The van der Waals surface area contributed by atoms with Crippen LogP contribution in [0.1, 0.15) is 107 Å². The molecule has 0 spiro atoms. The number of hydrogen-bond acceptors (Lipinski definition) is 9. The van der Waals surface area contributed by atoms with Gasteiger partial charge in [-0.3, -0.25) is 0 Å². The highest BCUT2D eigenvalue weighted by Crippen LogP contribution is 2.54. The Kier molecular flexibility index (Phi) is 8.72. The van der Waals surface area contributed by atoms with Gasteiger partial charge < -0.3 is 44.6 Å². The smallest absolute Gasteiger partial charge is 0.201 e. The minimum Gasteiger partial charge on any atom is -0.342 e. The van der Waals surface area contributed by atoms with Crippen LogP contribution in [0.15, 0.2) is 0 Å². The van der Waals surface area contributed by atoms with E-state index in [4.69, 9.17) is 44.6 Å². The Balaban J connectivity index is 1.75. The largest absolute Gasteiger partial charge is 0.342 e. The lowest BCUT2D eigenvalue weighted by molar-refractivity contribution is -0.399. The highest BCUT2D eigenvalue weighted by molar-refractivity contribution is 5.10. The minimum absolute atomic E-state index is 0.267. The molecule has 0 saturated carbocycles. The molecule has 0 unspecified atom stereocenters. The van der Waals surface area contributed by atoms with Gasteiger partial charge in [0, 0.05) is 24.9 Å². The first-order chi connectivity index (χ1) is 17.3. The third kappa shape index (κ3) is 5.77. The summed E-state index contributed by atoms with van der Waals surface area (Å²) in [5.74, 6) is -3.76. The summed E-state index contributed by atoms with van der Waals surface area (Å²) in [4.78, 5) is 0. The minimum atomic E-state index is -1.11. The fourth-order valence-electron chi connectivity index (χ4n) is 6.46. The van der Waals surface area contributed by atoms with E-state index in [1.807, 2.05) is 41.5 Å². The van der Waals surface area contributed by atoms with Crippen LogP contribution in [0, 0.1) is 0 Å². The van der Waals surface area contributed by atoms with Crippen LogP contribution in [0.25, 0.3) is 0 Å². The monoisotopic (exact) mass is 528 g/mol. The molecule has 216 valence electrons. The molecule has 4 heterocycles. The standard InChI is InChI=1S/C28H52N2O7/c1-9-11-13-14-16-28(24-22(20(34-28)18(4)30)32-26(7,8)36-24)37-27(15-12-10-2)23-21(19(33-27)17(3)29)31-25(5,6)35-23/h17-24H,9-16,29-30H2,1-8H3/t17-,18-,19+,20+,21-,22-,23-,24-,27+,28+/m0/s1. The van der Waals surface area contributed by atoms with Gasteiger partial charge in [0.15, 0.2) is 11.6 Å². The molecule has 9 heteroatoms. The van der Waals surface area contributed by atoms with Crippen LogP contribution in [-0.4, -0.2) is 71.9 Å². The van der Waals surface area contributed by atoms with Crippen LogP contribution in [0.3, 0.4) is 0 Å². The Morgan fingerprint density at radius 2 is 1.05 bits per heavy atom. The van der Waals surface area contributed by atoms with Crippen molar-refractivity contribution in [2.45, 2.75) is 179 Å². The zero-order valence-electron chi connectivity index (χ0n) is 24.3. The van der Waals surface area contributed by atoms with E-state index >= 15 is 0 Å². The van der Waals surface area contributed by atoms with E-state index in [-0.39, 0.29) is 36.5 Å². The summed E-state index contributed by atoms with van der Waals surface area (Å²) < 4.78 is 46.6. The van der Waals surface area contributed by atoms with E-state index in [1.54, 1.807) is 0 Å². The number of hydrogen-bond donors (Lipinski definition) is 2. The van der Waals surface area contributed by atoms with Gasteiger partial charge in [0.1, 0.15) is 36.6 Å². The fraction of sp³-hybridized carbons (Fsp3) is 1.00. The molecule has 4 saturated heterocycles. The van der Waals surface area contributed by atoms with Gasteiger partial charge in [-0.1, -0.05) is 39.5 Å². The van der Waals surface area contributed by atoms with Crippen molar-refractivity contribution in [1.29, 1.82) is 0 Å². The van der Waals surface area contributed by atoms with E-state index < -0.39 is 35.4 Å². The average molecular weight is 529 g/mol. The molecule has 4 aliphatic rings. The second kappa shape index (κ2) is 10.9. The molecule has 0 aromatic rings. The van der Waals surface area contributed by atoms with Gasteiger partial charge in [-0.15, -0.1) is 0 Å². The van der Waals surface area contributed by atoms with Gasteiger partial charge in [0.05, 0.1) is 0 Å². The first kappa shape index (κ1) is 29.6. The molecule has 4 aliphatic heterocycles. The Bertz CT molecular complexity index is 778. The van der Waals surface area contributed by atoms with Crippen molar-refractivity contribution in [3.8, 4) is 0 Å². The molecule has 9 nitrogen and oxygen atoms in total. The van der Waals surface area contributed by atoms with Gasteiger partial charge in [-0.25, -0.2) is 0 Å². The highest BCUT2D eigenvalue weighted by atomic mass is 16.9. The van der Waals surface area contributed by atoms with E-state index in [1.165, 1.54) is 0 Å². The summed E-state index contributed by atoms with van der Waals surface area (Å²) in [5.41, 5.74) is 12.9. The van der Waals surface area contributed by atoms with Gasteiger partial charge in [-0.05, 0) is 54.4 Å². The van der Waals surface area contributed by atoms with Crippen molar-refractivity contribution in [1.82, 2.24) is 0 Å². The molecule has 10 atom stereocenters. The highest BCUT2D eigenvalue weighted by Gasteiger charge is 2.71. The van der Waals surface area contributed by atoms with Crippen LogP contribution >= 0.6 is 0 Å². The van der Waals surface area contributed by atoms with Crippen molar-refractivity contribution in [3.63, 3.8) is 0 Å². The first-order valence-corrected chi connectivity index (χ1v) is 14.6. The zero-order valence-corrected chi connectivity index (χ0v) is 24.3. The molecule has 4 rings (SSSR count). The zero-order chi connectivity index (χ0) is 27.2. The van der Waals surface area contributed by atoms with Crippen LogP contribution in [0.2, 0.25) is 0 Å². The predicted octanol–water partition coefficient (Wildman–Crippen LogP) is 4.09. The number of fused-ring (bicyclic) bond motifs is 2. The Labute approximate surface area is 223 Å². The van der Waals surface area contributed by atoms with Crippen molar-refractivity contribution in [2.24, 2.45) is 11.5 Å². The lowest BCUT2D eigenvalue weighted by Gasteiger charge is -2.44. The first-order valence-electron chi connectivity index (χ1n) is 14.6. The molecule has 0 amide bonds. The quantitative estimate of drug-likeness (QED) is 0.361. The maximum Gasteiger partial charge on any atom is 0.201 e. The number of ether oxygens (including phenoxy) is 7. The van der Waals surface area contributed by atoms with Gasteiger partial charge in [0.2, 0.25) is 11.6 Å². The summed E-state index contributed by atoms with van der Waals surface area (Å²) in [6, 6.07) is -0.534. The second-order valence-electron chi connectivity index (χ2n) is 12.6. The van der Waals surface area contributed by atoms with E-state index in [0.29, 0.717) is 12.8 Å². The van der Waals surface area contributed by atoms with Crippen molar-refractivity contribution in [3.05, 3.63) is 0 Å².